The molecular formula is C25H25F3N2O2. The Morgan fingerprint density at radius 3 is 2.50 bits per heavy atom. The molecule has 4 rings (SSSR count). The number of alkyl halides is 3. The number of halogens is 3. The maximum absolute atomic E-state index is 13.2. The van der Waals surface area contributed by atoms with Crippen molar-refractivity contribution in [2.24, 2.45) is 5.92 Å². The molecule has 0 amide bonds. The number of benzene rings is 2. The van der Waals surface area contributed by atoms with E-state index in [0.717, 1.165) is 31.4 Å². The van der Waals surface area contributed by atoms with Gasteiger partial charge in [0, 0.05) is 24.7 Å². The molecule has 2 heterocycles. The van der Waals surface area contributed by atoms with Crippen molar-refractivity contribution in [1.82, 2.24) is 4.98 Å². The first-order valence-electron chi connectivity index (χ1n) is 10.8. The summed E-state index contributed by atoms with van der Waals surface area (Å²) in [6.45, 7) is 3.35. The minimum Gasteiger partial charge on any atom is -0.462 e. The molecule has 1 aliphatic rings. The number of carbonyl (C=O) groups excluding carboxylic acids is 1. The molecule has 0 saturated carbocycles. The Kier molecular flexibility index (Phi) is 6.35. The summed E-state index contributed by atoms with van der Waals surface area (Å²) in [5, 5.41) is 0.532. The number of hydrogen-bond donors (Lipinski definition) is 0. The molecule has 1 fully saturated rings. The van der Waals surface area contributed by atoms with Gasteiger partial charge >= 0.3 is 12.1 Å². The van der Waals surface area contributed by atoms with Crippen LogP contribution in [0.25, 0.3) is 10.9 Å². The predicted octanol–water partition coefficient (Wildman–Crippen LogP) is 5.89. The molecule has 3 aromatic rings. The minimum absolute atomic E-state index is 0.211. The van der Waals surface area contributed by atoms with Gasteiger partial charge in [0.15, 0.2) is 0 Å². The van der Waals surface area contributed by atoms with E-state index in [1.54, 1.807) is 6.92 Å². The van der Waals surface area contributed by atoms with Crippen molar-refractivity contribution in [3.8, 4) is 0 Å². The zero-order valence-corrected chi connectivity index (χ0v) is 17.9. The number of nitrogens with zero attached hydrogens (tertiary/aromatic N) is 2. The molecular weight excluding hydrogens is 417 g/mol. The fraction of sp³-hybridized carbons (Fsp3) is 0.360. The van der Waals surface area contributed by atoms with Crippen molar-refractivity contribution in [1.29, 1.82) is 0 Å². The molecule has 0 spiro atoms. The Labute approximate surface area is 185 Å². The van der Waals surface area contributed by atoms with Crippen LogP contribution in [0.4, 0.5) is 18.9 Å². The van der Waals surface area contributed by atoms with E-state index in [1.165, 1.54) is 17.8 Å². The lowest BCUT2D eigenvalue weighted by molar-refractivity contribution is -0.137. The zero-order chi connectivity index (χ0) is 22.7. The first kappa shape index (κ1) is 22.1. The maximum Gasteiger partial charge on any atom is 0.416 e. The molecule has 2 aromatic carbocycles. The third-order valence-electron chi connectivity index (χ3n) is 5.96. The first-order valence-corrected chi connectivity index (χ1v) is 10.8. The normalized spacial score (nSPS) is 15.2. The Bertz CT molecular complexity index is 1090. The summed E-state index contributed by atoms with van der Waals surface area (Å²) in [4.78, 5) is 18.9. The number of esters is 1. The van der Waals surface area contributed by atoms with Gasteiger partial charge in [0.2, 0.25) is 0 Å². The Balaban J connectivity index is 1.65. The van der Waals surface area contributed by atoms with Crippen molar-refractivity contribution < 1.29 is 22.7 Å². The molecule has 7 heteroatoms. The van der Waals surface area contributed by atoms with Crippen molar-refractivity contribution in [2.45, 2.75) is 32.4 Å². The van der Waals surface area contributed by atoms with Gasteiger partial charge in [-0.2, -0.15) is 13.2 Å². The van der Waals surface area contributed by atoms with Gasteiger partial charge in [-0.05, 0) is 49.8 Å². The summed E-state index contributed by atoms with van der Waals surface area (Å²) in [5.41, 5.74) is 1.66. The van der Waals surface area contributed by atoms with Crippen LogP contribution in [0, 0.1) is 5.92 Å². The second kappa shape index (κ2) is 9.18. The van der Waals surface area contributed by atoms with Crippen molar-refractivity contribution >= 4 is 22.6 Å². The fourth-order valence-electron chi connectivity index (χ4n) is 4.36. The molecule has 1 saturated heterocycles. The molecule has 0 bridgehead atoms. The van der Waals surface area contributed by atoms with Gasteiger partial charge in [-0.3, -0.25) is 4.98 Å². The topological polar surface area (TPSA) is 42.4 Å². The van der Waals surface area contributed by atoms with Gasteiger partial charge in [0.25, 0.3) is 0 Å². The number of carbonyl (C=O) groups is 1. The standard InChI is InChI=1S/C25H25F3N2O2/c1-2-32-24(31)21-16-29-22-15-19(25(26,27)28)8-9-20(22)23(21)30-12-10-18(11-13-30)14-17-6-4-3-5-7-17/h3-9,15-16,18H,2,10-14H2,1H3. The molecule has 0 radical (unpaired) electrons. The SMILES string of the molecule is CCOC(=O)c1cnc2cc(C(F)(F)F)ccc2c1N1CCC(Cc2ccccc2)CC1. The highest BCUT2D eigenvalue weighted by Crippen LogP contribution is 2.37. The van der Waals surface area contributed by atoms with Crippen LogP contribution in [0.1, 0.15) is 41.3 Å². The summed E-state index contributed by atoms with van der Waals surface area (Å²) < 4.78 is 44.8. The van der Waals surface area contributed by atoms with E-state index >= 15 is 0 Å². The van der Waals surface area contributed by atoms with Gasteiger partial charge in [0.05, 0.1) is 23.4 Å². The van der Waals surface area contributed by atoms with Crippen molar-refractivity contribution in [2.75, 3.05) is 24.6 Å². The smallest absolute Gasteiger partial charge is 0.416 e. The molecule has 1 aliphatic heterocycles. The average molecular weight is 442 g/mol. The van der Waals surface area contributed by atoms with Crippen LogP contribution in [-0.4, -0.2) is 30.6 Å². The number of rotatable bonds is 5. The first-order chi connectivity index (χ1) is 15.4. The molecule has 0 aliphatic carbocycles. The third-order valence-corrected chi connectivity index (χ3v) is 5.96. The van der Waals surface area contributed by atoms with Crippen LogP contribution in [0.15, 0.2) is 54.7 Å². The van der Waals surface area contributed by atoms with E-state index in [-0.39, 0.29) is 12.1 Å². The number of anilines is 1. The molecule has 0 unspecified atom stereocenters. The number of aromatic nitrogens is 1. The summed E-state index contributed by atoms with van der Waals surface area (Å²) in [7, 11) is 0. The zero-order valence-electron chi connectivity index (χ0n) is 17.9. The van der Waals surface area contributed by atoms with Crippen LogP contribution in [0.2, 0.25) is 0 Å². The largest absolute Gasteiger partial charge is 0.462 e. The molecule has 32 heavy (non-hydrogen) atoms. The minimum atomic E-state index is -4.45. The average Bonchev–Trinajstić information content (AvgIpc) is 2.79. The number of fused-ring (bicyclic) bond motifs is 1. The summed E-state index contributed by atoms with van der Waals surface area (Å²) in [6, 6.07) is 13.8. The lowest BCUT2D eigenvalue weighted by Gasteiger charge is -2.35. The van der Waals surface area contributed by atoms with Crippen molar-refractivity contribution in [3.63, 3.8) is 0 Å². The van der Waals surface area contributed by atoms with E-state index in [4.69, 9.17) is 4.74 Å². The molecule has 1 aromatic heterocycles. The fourth-order valence-corrected chi connectivity index (χ4v) is 4.36. The predicted molar refractivity (Wildman–Crippen MR) is 118 cm³/mol. The monoisotopic (exact) mass is 442 g/mol. The van der Waals surface area contributed by atoms with Gasteiger partial charge < -0.3 is 9.64 Å². The van der Waals surface area contributed by atoms with E-state index < -0.39 is 17.7 Å². The van der Waals surface area contributed by atoms with Crippen LogP contribution < -0.4 is 4.90 Å². The Hall–Kier alpha value is -3.09. The Morgan fingerprint density at radius 1 is 1.12 bits per heavy atom. The van der Waals surface area contributed by atoms with E-state index in [9.17, 15) is 18.0 Å². The number of hydrogen-bond acceptors (Lipinski definition) is 4. The molecule has 0 N–H and O–H groups in total. The summed E-state index contributed by atoms with van der Waals surface area (Å²) in [5.74, 6) is 0.00725. The van der Waals surface area contributed by atoms with Gasteiger partial charge in [-0.1, -0.05) is 36.4 Å². The number of pyridine rings is 1. The highest BCUT2D eigenvalue weighted by Gasteiger charge is 2.32. The van der Waals surface area contributed by atoms with Crippen LogP contribution in [0.5, 0.6) is 0 Å². The lowest BCUT2D eigenvalue weighted by Crippen LogP contribution is -2.35. The van der Waals surface area contributed by atoms with Crippen LogP contribution in [0.3, 0.4) is 0 Å². The lowest BCUT2D eigenvalue weighted by atomic mass is 9.89. The van der Waals surface area contributed by atoms with Gasteiger partial charge in [-0.15, -0.1) is 0 Å². The highest BCUT2D eigenvalue weighted by molar-refractivity contribution is 6.05. The second-order valence-electron chi connectivity index (χ2n) is 8.09. The van der Waals surface area contributed by atoms with Gasteiger partial charge in [-0.25, -0.2) is 4.79 Å². The summed E-state index contributed by atoms with van der Waals surface area (Å²) >= 11 is 0. The highest BCUT2D eigenvalue weighted by atomic mass is 19.4. The van der Waals surface area contributed by atoms with E-state index in [1.807, 2.05) is 18.2 Å². The number of ether oxygens (including phenoxy) is 1. The van der Waals surface area contributed by atoms with E-state index in [0.29, 0.717) is 35.6 Å². The molecule has 0 atom stereocenters. The van der Waals surface area contributed by atoms with Crippen LogP contribution >= 0.6 is 0 Å². The third kappa shape index (κ3) is 4.71. The molecule has 168 valence electrons. The maximum atomic E-state index is 13.2. The quantitative estimate of drug-likeness (QED) is 0.462. The second-order valence-corrected chi connectivity index (χ2v) is 8.09. The molecule has 4 nitrogen and oxygen atoms in total. The van der Waals surface area contributed by atoms with Gasteiger partial charge in [0.1, 0.15) is 5.56 Å². The van der Waals surface area contributed by atoms with Crippen molar-refractivity contribution in [3.05, 3.63) is 71.4 Å². The van der Waals surface area contributed by atoms with E-state index in [2.05, 4.69) is 22.0 Å². The summed E-state index contributed by atoms with van der Waals surface area (Å²) in [6.07, 6.45) is -0.258. The Morgan fingerprint density at radius 2 is 1.84 bits per heavy atom. The number of piperidine rings is 1. The van der Waals surface area contributed by atoms with Crippen LogP contribution in [-0.2, 0) is 17.3 Å².